The molecule has 0 aliphatic carbocycles. The highest BCUT2D eigenvalue weighted by Gasteiger charge is 2.27. The van der Waals surface area contributed by atoms with Crippen LogP contribution in [0.25, 0.3) is 10.9 Å². The van der Waals surface area contributed by atoms with E-state index in [1.807, 2.05) is 45.2 Å². The number of hydrogen-bond acceptors (Lipinski definition) is 4. The number of aryl methyl sites for hydroxylation is 1. The van der Waals surface area contributed by atoms with Crippen molar-refractivity contribution in [2.75, 3.05) is 0 Å². The lowest BCUT2D eigenvalue weighted by Gasteiger charge is -2.21. The maximum Gasteiger partial charge on any atom is 0.326 e. The van der Waals surface area contributed by atoms with Gasteiger partial charge in [-0.15, -0.1) is 11.8 Å². The van der Waals surface area contributed by atoms with Crippen molar-refractivity contribution in [3.8, 4) is 0 Å². The van der Waals surface area contributed by atoms with Crippen molar-refractivity contribution >= 4 is 40.4 Å². The SMILES string of the molecule is Cc1cccc2[nH]cc(S[C@H](CC(C)C)C(=O)N[C@@H](CCC(N)=O)C(=O)O)c12. The van der Waals surface area contributed by atoms with Gasteiger partial charge in [0.2, 0.25) is 11.8 Å². The Balaban J connectivity index is 2.20. The third-order valence-corrected chi connectivity index (χ3v) is 5.69. The Labute approximate surface area is 168 Å². The van der Waals surface area contributed by atoms with Crippen LogP contribution in [-0.4, -0.2) is 39.2 Å². The number of carboxylic acid groups (broad SMARTS) is 1. The van der Waals surface area contributed by atoms with Crippen LogP contribution in [-0.2, 0) is 14.4 Å². The van der Waals surface area contributed by atoms with E-state index in [4.69, 9.17) is 5.73 Å². The molecule has 5 N–H and O–H groups in total. The van der Waals surface area contributed by atoms with Gasteiger partial charge in [0.25, 0.3) is 0 Å². The van der Waals surface area contributed by atoms with E-state index in [1.54, 1.807) is 0 Å². The summed E-state index contributed by atoms with van der Waals surface area (Å²) in [7, 11) is 0. The molecule has 152 valence electrons. The summed E-state index contributed by atoms with van der Waals surface area (Å²) in [5.41, 5.74) is 7.21. The molecule has 2 amide bonds. The van der Waals surface area contributed by atoms with Crippen molar-refractivity contribution < 1.29 is 19.5 Å². The number of nitrogens with one attached hydrogen (secondary N) is 2. The summed E-state index contributed by atoms with van der Waals surface area (Å²) in [5.74, 6) is -1.87. The van der Waals surface area contributed by atoms with Gasteiger partial charge in [-0.25, -0.2) is 4.79 Å². The number of carbonyl (C=O) groups is 3. The van der Waals surface area contributed by atoms with E-state index in [1.165, 1.54) is 11.8 Å². The second-order valence-corrected chi connectivity index (χ2v) is 8.54. The summed E-state index contributed by atoms with van der Waals surface area (Å²) in [6.45, 7) is 6.05. The molecule has 1 aromatic carbocycles. The predicted molar refractivity (Wildman–Crippen MR) is 110 cm³/mol. The van der Waals surface area contributed by atoms with Crippen molar-refractivity contribution in [1.29, 1.82) is 0 Å². The van der Waals surface area contributed by atoms with Gasteiger partial charge >= 0.3 is 5.97 Å². The van der Waals surface area contributed by atoms with E-state index in [9.17, 15) is 19.5 Å². The minimum Gasteiger partial charge on any atom is -0.480 e. The van der Waals surface area contributed by atoms with Gasteiger partial charge < -0.3 is 21.1 Å². The highest BCUT2D eigenvalue weighted by molar-refractivity contribution is 8.00. The molecule has 0 radical (unpaired) electrons. The van der Waals surface area contributed by atoms with Crippen LogP contribution < -0.4 is 11.1 Å². The normalized spacial score (nSPS) is 13.4. The van der Waals surface area contributed by atoms with E-state index in [-0.39, 0.29) is 24.7 Å². The fourth-order valence-electron chi connectivity index (χ4n) is 3.02. The lowest BCUT2D eigenvalue weighted by atomic mass is 10.1. The molecule has 0 bridgehead atoms. The van der Waals surface area contributed by atoms with E-state index in [0.717, 1.165) is 21.4 Å². The molecule has 0 unspecified atom stereocenters. The standard InChI is InChI=1S/C20H27N3O4S/c1-11(2)9-15(19(25)23-14(20(26)27)7-8-17(21)24)28-16-10-22-13-6-4-5-12(3)18(13)16/h4-6,10-11,14-15,22H,7-9H2,1-3H3,(H2,21,24)(H,23,25)(H,26,27)/t14-,15+/m0/s1. The van der Waals surface area contributed by atoms with Crippen LogP contribution in [0.15, 0.2) is 29.3 Å². The number of nitrogens with two attached hydrogens (primary N) is 1. The fraction of sp³-hybridized carbons (Fsp3) is 0.450. The molecule has 2 rings (SSSR count). The molecule has 0 spiro atoms. The number of benzene rings is 1. The van der Waals surface area contributed by atoms with E-state index < -0.39 is 23.2 Å². The van der Waals surface area contributed by atoms with Crippen molar-refractivity contribution in [3.05, 3.63) is 30.0 Å². The van der Waals surface area contributed by atoms with E-state index >= 15 is 0 Å². The van der Waals surface area contributed by atoms with Gasteiger partial charge in [0.1, 0.15) is 6.04 Å². The van der Waals surface area contributed by atoms with Crippen molar-refractivity contribution in [2.45, 2.75) is 56.2 Å². The monoisotopic (exact) mass is 405 g/mol. The molecular weight excluding hydrogens is 378 g/mol. The van der Waals surface area contributed by atoms with Crippen molar-refractivity contribution in [3.63, 3.8) is 0 Å². The number of H-pyrrole nitrogens is 1. The molecule has 2 aromatic rings. The van der Waals surface area contributed by atoms with Crippen LogP contribution in [0, 0.1) is 12.8 Å². The molecule has 2 atom stereocenters. The fourth-order valence-corrected chi connectivity index (χ4v) is 4.50. The predicted octanol–water partition coefficient (Wildman–Crippen LogP) is 2.82. The summed E-state index contributed by atoms with van der Waals surface area (Å²) >= 11 is 1.43. The van der Waals surface area contributed by atoms with Gasteiger partial charge in [-0.3, -0.25) is 9.59 Å². The first-order valence-corrected chi connectivity index (χ1v) is 10.1. The van der Waals surface area contributed by atoms with Gasteiger partial charge in [-0.2, -0.15) is 0 Å². The first-order chi connectivity index (χ1) is 13.2. The highest BCUT2D eigenvalue weighted by Crippen LogP contribution is 2.35. The second-order valence-electron chi connectivity index (χ2n) is 7.29. The van der Waals surface area contributed by atoms with Gasteiger partial charge in [-0.05, 0) is 37.3 Å². The summed E-state index contributed by atoms with van der Waals surface area (Å²) in [6.07, 6.45) is 2.35. The van der Waals surface area contributed by atoms with Crippen LogP contribution in [0.3, 0.4) is 0 Å². The summed E-state index contributed by atoms with van der Waals surface area (Å²) in [5, 5.41) is 12.5. The molecule has 1 aromatic heterocycles. The number of thioether (sulfide) groups is 1. The minimum absolute atomic E-state index is 0.0261. The molecule has 0 aliphatic heterocycles. The zero-order chi connectivity index (χ0) is 20.8. The Kier molecular flexibility index (Phi) is 7.51. The number of fused-ring (bicyclic) bond motifs is 1. The summed E-state index contributed by atoms with van der Waals surface area (Å²) in [4.78, 5) is 39.5. The molecule has 1 heterocycles. The third-order valence-electron chi connectivity index (χ3n) is 4.42. The van der Waals surface area contributed by atoms with Crippen LogP contribution >= 0.6 is 11.8 Å². The van der Waals surface area contributed by atoms with Gasteiger partial charge in [0, 0.05) is 28.4 Å². The molecule has 28 heavy (non-hydrogen) atoms. The topological polar surface area (TPSA) is 125 Å². The van der Waals surface area contributed by atoms with Crippen LogP contribution in [0.4, 0.5) is 0 Å². The number of carboxylic acids is 1. The molecule has 0 saturated heterocycles. The average molecular weight is 406 g/mol. The average Bonchev–Trinajstić information content (AvgIpc) is 3.01. The quantitative estimate of drug-likeness (QED) is 0.452. The zero-order valence-electron chi connectivity index (χ0n) is 16.3. The number of hydrogen-bond donors (Lipinski definition) is 4. The Bertz CT molecular complexity index is 862. The number of rotatable bonds is 10. The number of carbonyl (C=O) groups excluding carboxylic acids is 2. The molecule has 0 saturated carbocycles. The van der Waals surface area contributed by atoms with Crippen LogP contribution in [0.2, 0.25) is 0 Å². The molecule has 0 aliphatic rings. The number of aromatic nitrogens is 1. The lowest BCUT2D eigenvalue weighted by molar-refractivity contribution is -0.142. The number of amides is 2. The van der Waals surface area contributed by atoms with E-state index in [2.05, 4.69) is 10.3 Å². The minimum atomic E-state index is -1.18. The first kappa shape index (κ1) is 21.8. The highest BCUT2D eigenvalue weighted by atomic mass is 32.2. The Morgan fingerprint density at radius 2 is 2.00 bits per heavy atom. The molecule has 7 nitrogen and oxygen atoms in total. The Morgan fingerprint density at radius 3 is 2.61 bits per heavy atom. The van der Waals surface area contributed by atoms with Crippen LogP contribution in [0.5, 0.6) is 0 Å². The number of primary amides is 1. The van der Waals surface area contributed by atoms with Gasteiger partial charge in [0.05, 0.1) is 5.25 Å². The third kappa shape index (κ3) is 5.76. The zero-order valence-corrected chi connectivity index (χ0v) is 17.1. The first-order valence-electron chi connectivity index (χ1n) is 9.23. The maximum atomic E-state index is 12.9. The molecule has 8 heteroatoms. The Morgan fingerprint density at radius 1 is 1.29 bits per heavy atom. The van der Waals surface area contributed by atoms with Crippen molar-refractivity contribution in [1.82, 2.24) is 10.3 Å². The van der Waals surface area contributed by atoms with Crippen molar-refractivity contribution in [2.24, 2.45) is 11.7 Å². The van der Waals surface area contributed by atoms with E-state index in [0.29, 0.717) is 6.42 Å². The van der Waals surface area contributed by atoms with Gasteiger partial charge in [-0.1, -0.05) is 26.0 Å². The van der Waals surface area contributed by atoms with Gasteiger partial charge in [0.15, 0.2) is 0 Å². The smallest absolute Gasteiger partial charge is 0.326 e. The summed E-state index contributed by atoms with van der Waals surface area (Å²) in [6, 6.07) is 4.83. The van der Waals surface area contributed by atoms with Crippen LogP contribution in [0.1, 0.15) is 38.7 Å². The summed E-state index contributed by atoms with van der Waals surface area (Å²) < 4.78 is 0. The Hall–Kier alpha value is -2.48. The largest absolute Gasteiger partial charge is 0.480 e. The number of aliphatic carboxylic acids is 1. The maximum absolute atomic E-state index is 12.9. The lowest BCUT2D eigenvalue weighted by Crippen LogP contribution is -2.45. The second kappa shape index (κ2) is 9.64. The molecular formula is C20H27N3O4S. The number of aromatic amines is 1. The molecule has 0 fully saturated rings.